The van der Waals surface area contributed by atoms with Crippen LogP contribution in [0.1, 0.15) is 63.9 Å². The van der Waals surface area contributed by atoms with Crippen LogP contribution in [0.2, 0.25) is 0 Å². The molecule has 0 radical (unpaired) electrons. The Morgan fingerprint density at radius 2 is 1.88 bits per heavy atom. The summed E-state index contributed by atoms with van der Waals surface area (Å²) >= 11 is 0. The monoisotopic (exact) mass is 331 g/mol. The van der Waals surface area contributed by atoms with Crippen LogP contribution in [0, 0.1) is 5.92 Å². The van der Waals surface area contributed by atoms with E-state index < -0.39 is 5.97 Å². The molecule has 1 amide bonds. The van der Waals surface area contributed by atoms with E-state index in [0.717, 1.165) is 30.5 Å². The van der Waals surface area contributed by atoms with Gasteiger partial charge in [-0.1, -0.05) is 63.6 Å². The number of carbonyl (C=O) groups is 2. The number of aryl methyl sites for hydroxylation is 1. The van der Waals surface area contributed by atoms with E-state index in [-0.39, 0.29) is 12.5 Å². The lowest BCUT2D eigenvalue weighted by Crippen LogP contribution is -2.36. The highest BCUT2D eigenvalue weighted by atomic mass is 16.4. The molecule has 1 aromatic rings. The van der Waals surface area contributed by atoms with Crippen LogP contribution in [-0.2, 0) is 16.0 Å². The highest BCUT2D eigenvalue weighted by Gasteiger charge is 2.22. The second kappa shape index (κ2) is 9.45. The second-order valence-corrected chi connectivity index (χ2v) is 6.80. The van der Waals surface area contributed by atoms with Crippen molar-refractivity contribution in [2.45, 2.75) is 64.7 Å². The van der Waals surface area contributed by atoms with Crippen LogP contribution in [0.25, 0.3) is 0 Å². The predicted octanol–water partition coefficient (Wildman–Crippen LogP) is 4.42. The zero-order valence-electron chi connectivity index (χ0n) is 14.7. The lowest BCUT2D eigenvalue weighted by molar-refractivity contribution is -0.136. The Balaban J connectivity index is 2.09. The maximum Gasteiger partial charge on any atom is 0.323 e. The van der Waals surface area contributed by atoms with Crippen LogP contribution in [0.15, 0.2) is 24.3 Å². The predicted molar refractivity (Wildman–Crippen MR) is 96.2 cm³/mol. The third-order valence-electron chi connectivity index (χ3n) is 4.89. The standard InChI is InChI=1S/C20H29NO3/c1-2-8-17-11-6-7-12-18(17)21(15-20(23)24)19(22)14-13-16-9-4-3-5-10-16/h6-7,11-12,16H,2-5,8-10,13-15H2,1H3,(H,23,24). The summed E-state index contributed by atoms with van der Waals surface area (Å²) in [5.41, 5.74) is 1.81. The number of aliphatic carboxylic acids is 1. The van der Waals surface area contributed by atoms with Gasteiger partial charge in [-0.3, -0.25) is 9.59 Å². The van der Waals surface area contributed by atoms with Crippen LogP contribution in [0.3, 0.4) is 0 Å². The number of carboxylic acid groups (broad SMARTS) is 1. The minimum absolute atomic E-state index is 0.0634. The van der Waals surface area contributed by atoms with Crippen LogP contribution in [0.5, 0.6) is 0 Å². The molecule has 0 atom stereocenters. The summed E-state index contributed by atoms with van der Waals surface area (Å²) in [6.45, 7) is 1.83. The van der Waals surface area contributed by atoms with E-state index in [2.05, 4.69) is 6.92 Å². The Hall–Kier alpha value is -1.84. The van der Waals surface area contributed by atoms with Gasteiger partial charge in [-0.05, 0) is 30.4 Å². The van der Waals surface area contributed by atoms with Gasteiger partial charge in [0.25, 0.3) is 0 Å². The largest absolute Gasteiger partial charge is 0.480 e. The third-order valence-corrected chi connectivity index (χ3v) is 4.89. The highest BCUT2D eigenvalue weighted by Crippen LogP contribution is 2.28. The molecule has 2 rings (SSSR count). The summed E-state index contributed by atoms with van der Waals surface area (Å²) in [4.78, 5) is 25.5. The second-order valence-electron chi connectivity index (χ2n) is 6.80. The van der Waals surface area contributed by atoms with Gasteiger partial charge in [0.05, 0.1) is 0 Å². The van der Waals surface area contributed by atoms with E-state index in [1.807, 2.05) is 24.3 Å². The number of benzene rings is 1. The van der Waals surface area contributed by atoms with Gasteiger partial charge in [-0.2, -0.15) is 0 Å². The molecule has 1 aliphatic carbocycles. The van der Waals surface area contributed by atoms with Gasteiger partial charge in [-0.15, -0.1) is 0 Å². The van der Waals surface area contributed by atoms with Crippen molar-refractivity contribution in [1.82, 2.24) is 0 Å². The van der Waals surface area contributed by atoms with E-state index in [1.54, 1.807) is 0 Å². The van der Waals surface area contributed by atoms with Gasteiger partial charge in [0, 0.05) is 12.1 Å². The summed E-state index contributed by atoms with van der Waals surface area (Å²) < 4.78 is 0. The van der Waals surface area contributed by atoms with Crippen molar-refractivity contribution in [2.75, 3.05) is 11.4 Å². The fraction of sp³-hybridized carbons (Fsp3) is 0.600. The molecule has 1 aromatic carbocycles. The smallest absolute Gasteiger partial charge is 0.323 e. The molecule has 1 saturated carbocycles. The van der Waals surface area contributed by atoms with E-state index >= 15 is 0 Å². The van der Waals surface area contributed by atoms with Gasteiger partial charge in [0.15, 0.2) is 0 Å². The van der Waals surface area contributed by atoms with E-state index in [4.69, 9.17) is 0 Å². The maximum atomic E-state index is 12.7. The number of rotatable bonds is 8. The van der Waals surface area contributed by atoms with Crippen LogP contribution >= 0.6 is 0 Å². The van der Waals surface area contributed by atoms with Gasteiger partial charge >= 0.3 is 5.97 Å². The lowest BCUT2D eigenvalue weighted by Gasteiger charge is -2.26. The summed E-state index contributed by atoms with van der Waals surface area (Å²) in [7, 11) is 0. The average Bonchev–Trinajstić information content (AvgIpc) is 2.59. The summed E-state index contributed by atoms with van der Waals surface area (Å²) in [5.74, 6) is -0.404. The summed E-state index contributed by atoms with van der Waals surface area (Å²) in [6.07, 6.45) is 9.38. The van der Waals surface area contributed by atoms with Crippen LogP contribution in [-0.4, -0.2) is 23.5 Å². The molecule has 0 heterocycles. The molecular formula is C20H29NO3. The molecule has 0 spiro atoms. The van der Waals surface area contributed by atoms with Gasteiger partial charge in [0.1, 0.15) is 6.54 Å². The number of carbonyl (C=O) groups excluding carboxylic acids is 1. The van der Waals surface area contributed by atoms with E-state index in [0.29, 0.717) is 12.3 Å². The number of carboxylic acids is 1. The fourth-order valence-corrected chi connectivity index (χ4v) is 3.64. The minimum atomic E-state index is -0.965. The molecule has 0 saturated heterocycles. The van der Waals surface area contributed by atoms with Crippen LogP contribution in [0.4, 0.5) is 5.69 Å². The normalized spacial score (nSPS) is 15.2. The molecule has 1 fully saturated rings. The number of nitrogens with zero attached hydrogens (tertiary/aromatic N) is 1. The first-order valence-electron chi connectivity index (χ1n) is 9.22. The lowest BCUT2D eigenvalue weighted by atomic mass is 9.86. The topological polar surface area (TPSA) is 57.6 Å². The zero-order chi connectivity index (χ0) is 17.4. The molecule has 0 aliphatic heterocycles. The first-order valence-corrected chi connectivity index (χ1v) is 9.22. The molecule has 0 aromatic heterocycles. The van der Waals surface area contributed by atoms with Crippen molar-refractivity contribution >= 4 is 17.6 Å². The van der Waals surface area contributed by atoms with Crippen molar-refractivity contribution < 1.29 is 14.7 Å². The van der Waals surface area contributed by atoms with E-state index in [1.165, 1.54) is 37.0 Å². The third kappa shape index (κ3) is 5.36. The molecule has 132 valence electrons. The Labute approximate surface area is 144 Å². The Morgan fingerprint density at radius 3 is 2.54 bits per heavy atom. The van der Waals surface area contributed by atoms with Crippen molar-refractivity contribution in [1.29, 1.82) is 0 Å². The zero-order valence-corrected chi connectivity index (χ0v) is 14.7. The molecule has 0 bridgehead atoms. The van der Waals surface area contributed by atoms with Crippen molar-refractivity contribution in [3.8, 4) is 0 Å². The first kappa shape index (κ1) is 18.5. The number of hydrogen-bond donors (Lipinski definition) is 1. The molecule has 1 N–H and O–H groups in total. The van der Waals surface area contributed by atoms with E-state index in [9.17, 15) is 14.7 Å². The first-order chi connectivity index (χ1) is 11.6. The molecule has 4 heteroatoms. The van der Waals surface area contributed by atoms with Crippen molar-refractivity contribution in [3.63, 3.8) is 0 Å². The minimum Gasteiger partial charge on any atom is -0.480 e. The van der Waals surface area contributed by atoms with Gasteiger partial charge in [0.2, 0.25) is 5.91 Å². The molecule has 24 heavy (non-hydrogen) atoms. The average molecular weight is 331 g/mol. The number of para-hydroxylation sites is 1. The van der Waals surface area contributed by atoms with Gasteiger partial charge < -0.3 is 10.0 Å². The van der Waals surface area contributed by atoms with Crippen molar-refractivity contribution in [3.05, 3.63) is 29.8 Å². The fourth-order valence-electron chi connectivity index (χ4n) is 3.64. The molecular weight excluding hydrogens is 302 g/mol. The van der Waals surface area contributed by atoms with Crippen LogP contribution < -0.4 is 4.90 Å². The maximum absolute atomic E-state index is 12.7. The Bertz CT molecular complexity index is 550. The molecule has 0 unspecified atom stereocenters. The SMILES string of the molecule is CCCc1ccccc1N(CC(=O)O)C(=O)CCC1CCCCC1. The Kier molecular flexibility index (Phi) is 7.29. The molecule has 1 aliphatic rings. The number of hydrogen-bond acceptors (Lipinski definition) is 2. The Morgan fingerprint density at radius 1 is 1.17 bits per heavy atom. The quantitative estimate of drug-likeness (QED) is 0.767. The van der Waals surface area contributed by atoms with Gasteiger partial charge in [-0.25, -0.2) is 0 Å². The molecule has 4 nitrogen and oxygen atoms in total. The summed E-state index contributed by atoms with van der Waals surface area (Å²) in [6, 6.07) is 7.67. The summed E-state index contributed by atoms with van der Waals surface area (Å²) in [5, 5.41) is 9.24. The number of amides is 1. The highest BCUT2D eigenvalue weighted by molar-refractivity contribution is 5.98. The van der Waals surface area contributed by atoms with Crippen molar-refractivity contribution in [2.24, 2.45) is 5.92 Å². The number of anilines is 1.